The maximum Gasteiger partial charge on any atom is 0.449 e. The van der Waals surface area contributed by atoms with Gasteiger partial charge in [0, 0.05) is 18.1 Å². The molecule has 0 bridgehead atoms. The fraction of sp³-hybridized carbons (Fsp3) is 0.235. The maximum atomic E-state index is 14.3. The lowest BCUT2D eigenvalue weighted by atomic mass is 9.83. The lowest BCUT2D eigenvalue weighted by molar-refractivity contribution is -0.153. The summed E-state index contributed by atoms with van der Waals surface area (Å²) in [6.45, 7) is 4.62. The summed E-state index contributed by atoms with van der Waals surface area (Å²) >= 11 is 0. The van der Waals surface area contributed by atoms with Gasteiger partial charge in [-0.2, -0.15) is 17.5 Å². The van der Waals surface area contributed by atoms with E-state index in [-0.39, 0.29) is 28.7 Å². The summed E-state index contributed by atoms with van der Waals surface area (Å²) in [6.07, 6.45) is -3.22. The van der Waals surface area contributed by atoms with Crippen LogP contribution in [0.25, 0.3) is 22.0 Å². The van der Waals surface area contributed by atoms with Crippen molar-refractivity contribution >= 4 is 26.9 Å². The molecule has 3 aromatic carbocycles. The van der Waals surface area contributed by atoms with Crippen molar-refractivity contribution in [1.82, 2.24) is 9.29 Å². The van der Waals surface area contributed by atoms with Gasteiger partial charge in [0.2, 0.25) is 15.8 Å². The van der Waals surface area contributed by atoms with Crippen molar-refractivity contribution in [2.75, 3.05) is 7.11 Å². The first-order chi connectivity index (χ1) is 21.2. The second kappa shape index (κ2) is 12.1. The molecule has 45 heavy (non-hydrogen) atoms. The van der Waals surface area contributed by atoms with Gasteiger partial charge >= 0.3 is 12.1 Å². The number of esters is 1. The standard InChI is InChI=1S/C34H31F3N2O5S/c1-22-10-13-25-8-6-18-38-30(25)31(22)45(41,42)39(21-28-16-17-29(44-28)34(35,36)37)20-23-11-14-24(15-12-23)26-7-5-9-27(19-26)33(2,3)32(40)43-4/h5-19H,20-21H2,1-4H3. The SMILES string of the molecule is COC(=O)C(C)(C)c1cccc(-c2ccc(CN(Cc3ccc(C(F)(F)F)o3)S(=O)(=O)c3c(C)ccc4cccnc34)cc2)c1. The van der Waals surface area contributed by atoms with E-state index in [1.54, 1.807) is 57.2 Å². The van der Waals surface area contributed by atoms with Gasteiger partial charge in [0.1, 0.15) is 10.7 Å². The lowest BCUT2D eigenvalue weighted by Gasteiger charge is -2.23. The third-order valence-corrected chi connectivity index (χ3v) is 9.69. The smallest absolute Gasteiger partial charge is 0.449 e. The van der Waals surface area contributed by atoms with Gasteiger partial charge in [0.15, 0.2) is 0 Å². The lowest BCUT2D eigenvalue weighted by Crippen LogP contribution is -2.31. The number of methoxy groups -OCH3 is 1. The third kappa shape index (κ3) is 6.50. The Bertz CT molecular complexity index is 1970. The first-order valence-corrected chi connectivity index (χ1v) is 15.4. The van der Waals surface area contributed by atoms with E-state index in [2.05, 4.69) is 4.98 Å². The summed E-state index contributed by atoms with van der Waals surface area (Å²) in [5, 5.41) is 0.612. The van der Waals surface area contributed by atoms with Crippen molar-refractivity contribution < 1.29 is 35.5 Å². The Morgan fingerprint density at radius 3 is 2.31 bits per heavy atom. The van der Waals surface area contributed by atoms with Gasteiger partial charge in [-0.05, 0) is 66.8 Å². The largest absolute Gasteiger partial charge is 0.468 e. The number of hydrogen-bond acceptors (Lipinski definition) is 6. The zero-order valence-corrected chi connectivity index (χ0v) is 25.9. The van der Waals surface area contributed by atoms with Crippen LogP contribution in [0, 0.1) is 6.92 Å². The quantitative estimate of drug-likeness (QED) is 0.154. The molecule has 234 valence electrons. The van der Waals surface area contributed by atoms with E-state index >= 15 is 0 Å². The van der Waals surface area contributed by atoms with Gasteiger partial charge in [-0.1, -0.05) is 66.7 Å². The van der Waals surface area contributed by atoms with E-state index in [0.29, 0.717) is 16.5 Å². The molecule has 0 saturated carbocycles. The molecule has 2 heterocycles. The van der Waals surface area contributed by atoms with Crippen LogP contribution in [0.1, 0.15) is 42.1 Å². The number of hydrogen-bond donors (Lipinski definition) is 0. The number of carbonyl (C=O) groups is 1. The number of pyridine rings is 1. The number of nitrogens with zero attached hydrogens (tertiary/aromatic N) is 2. The zero-order valence-electron chi connectivity index (χ0n) is 25.1. The Hall–Kier alpha value is -4.48. The van der Waals surface area contributed by atoms with Crippen LogP contribution in [0.4, 0.5) is 13.2 Å². The van der Waals surface area contributed by atoms with Crippen LogP contribution < -0.4 is 0 Å². The van der Waals surface area contributed by atoms with E-state index < -0.39 is 33.9 Å². The Morgan fingerprint density at radius 2 is 1.64 bits per heavy atom. The van der Waals surface area contributed by atoms with Crippen LogP contribution in [0.3, 0.4) is 0 Å². The topological polar surface area (TPSA) is 89.7 Å². The average molecular weight is 637 g/mol. The van der Waals surface area contributed by atoms with E-state index in [1.165, 1.54) is 13.3 Å². The molecule has 0 aliphatic heterocycles. The van der Waals surface area contributed by atoms with Crippen molar-refractivity contribution in [3.63, 3.8) is 0 Å². The minimum atomic E-state index is -4.71. The maximum absolute atomic E-state index is 14.3. The van der Waals surface area contributed by atoms with Crippen molar-refractivity contribution in [2.45, 2.75) is 50.3 Å². The molecule has 0 aliphatic rings. The summed E-state index contributed by atoms with van der Waals surface area (Å²) in [4.78, 5) is 16.6. The summed E-state index contributed by atoms with van der Waals surface area (Å²) in [7, 11) is -2.95. The average Bonchev–Trinajstić information content (AvgIpc) is 3.50. The summed E-state index contributed by atoms with van der Waals surface area (Å²) < 4.78 is 79.4. The van der Waals surface area contributed by atoms with E-state index in [4.69, 9.17) is 9.15 Å². The fourth-order valence-corrected chi connectivity index (χ4v) is 6.92. The van der Waals surface area contributed by atoms with Gasteiger partial charge in [-0.15, -0.1) is 0 Å². The van der Waals surface area contributed by atoms with Crippen molar-refractivity contribution in [1.29, 1.82) is 0 Å². The Labute approximate surface area is 259 Å². The van der Waals surface area contributed by atoms with Gasteiger partial charge in [-0.25, -0.2) is 8.42 Å². The Kier molecular flexibility index (Phi) is 8.61. The highest BCUT2D eigenvalue weighted by Gasteiger charge is 2.36. The number of furan rings is 1. The number of sulfonamides is 1. The van der Waals surface area contributed by atoms with Crippen LogP contribution in [-0.2, 0) is 44.2 Å². The molecule has 0 N–H and O–H groups in total. The van der Waals surface area contributed by atoms with E-state index in [0.717, 1.165) is 33.1 Å². The van der Waals surface area contributed by atoms with Crippen molar-refractivity contribution in [3.05, 3.63) is 119 Å². The zero-order chi connectivity index (χ0) is 32.6. The van der Waals surface area contributed by atoms with Gasteiger partial charge in [0.25, 0.3) is 0 Å². The van der Waals surface area contributed by atoms with Crippen molar-refractivity contribution in [2.24, 2.45) is 0 Å². The molecule has 0 aliphatic carbocycles. The number of aryl methyl sites for hydroxylation is 1. The van der Waals surface area contributed by atoms with Crippen molar-refractivity contribution in [3.8, 4) is 11.1 Å². The predicted molar refractivity (Wildman–Crippen MR) is 164 cm³/mol. The molecule has 0 amide bonds. The highest BCUT2D eigenvalue weighted by atomic mass is 32.2. The van der Waals surface area contributed by atoms with E-state index in [1.807, 2.05) is 36.4 Å². The van der Waals surface area contributed by atoms with Crippen LogP contribution in [0.5, 0.6) is 0 Å². The summed E-state index contributed by atoms with van der Waals surface area (Å²) in [5.74, 6) is -1.73. The Balaban J connectivity index is 1.51. The first-order valence-electron chi connectivity index (χ1n) is 14.0. The van der Waals surface area contributed by atoms with Gasteiger partial charge in [0.05, 0.1) is 24.6 Å². The third-order valence-electron chi connectivity index (χ3n) is 7.72. The van der Waals surface area contributed by atoms with E-state index in [9.17, 15) is 26.4 Å². The highest BCUT2D eigenvalue weighted by Crippen LogP contribution is 2.34. The molecule has 11 heteroatoms. The Morgan fingerprint density at radius 1 is 0.911 bits per heavy atom. The number of carbonyl (C=O) groups excluding carboxylic acids is 1. The number of halogens is 3. The van der Waals surface area contributed by atoms with Crippen LogP contribution >= 0.6 is 0 Å². The van der Waals surface area contributed by atoms with Gasteiger partial charge < -0.3 is 9.15 Å². The monoisotopic (exact) mass is 636 g/mol. The molecule has 0 unspecified atom stereocenters. The summed E-state index contributed by atoms with van der Waals surface area (Å²) in [6, 6.07) is 23.4. The number of benzene rings is 3. The van der Waals surface area contributed by atoms with Crippen LogP contribution in [-0.4, -0.2) is 30.8 Å². The molecule has 5 aromatic rings. The normalized spacial score (nSPS) is 12.5. The second-order valence-corrected chi connectivity index (χ2v) is 13.1. The predicted octanol–water partition coefficient (Wildman–Crippen LogP) is 7.66. The molecule has 5 rings (SSSR count). The van der Waals surface area contributed by atoms with Crippen LogP contribution in [0.2, 0.25) is 0 Å². The number of aromatic nitrogens is 1. The summed E-state index contributed by atoms with van der Waals surface area (Å²) in [5.41, 5.74) is 2.88. The minimum Gasteiger partial charge on any atom is -0.468 e. The number of fused-ring (bicyclic) bond motifs is 1. The van der Waals surface area contributed by atoms with Gasteiger partial charge in [-0.3, -0.25) is 9.78 Å². The molecule has 0 radical (unpaired) electrons. The molecule has 2 aromatic heterocycles. The fourth-order valence-electron chi connectivity index (χ4n) is 5.16. The molecule has 0 atom stereocenters. The molecular formula is C34H31F3N2O5S. The number of rotatable bonds is 9. The molecular weight excluding hydrogens is 605 g/mol. The van der Waals surface area contributed by atoms with Crippen LogP contribution in [0.15, 0.2) is 100 Å². The number of ether oxygens (including phenoxy) is 1. The second-order valence-electron chi connectivity index (χ2n) is 11.2. The molecule has 0 saturated heterocycles. The molecule has 0 spiro atoms. The minimum absolute atomic E-state index is 0.0233. The molecule has 0 fully saturated rings. The number of alkyl halides is 3. The first kappa shape index (κ1) is 31.9. The molecule has 7 nitrogen and oxygen atoms in total. The highest BCUT2D eigenvalue weighted by molar-refractivity contribution is 7.89.